The lowest BCUT2D eigenvalue weighted by Crippen LogP contribution is -2.56. The number of carboxylic acids is 2. The molecule has 0 aliphatic heterocycles. The molecule has 12 heavy (non-hydrogen) atoms. The molecule has 2 aliphatic carbocycles. The normalized spacial score (nSPS) is 42.3. The van der Waals surface area contributed by atoms with Crippen molar-refractivity contribution in [2.24, 2.45) is 23.7 Å². The van der Waals surface area contributed by atoms with Gasteiger partial charge in [0.15, 0.2) is 0 Å². The summed E-state index contributed by atoms with van der Waals surface area (Å²) in [4.78, 5) is 21.2. The molecule has 0 radical (unpaired) electrons. The molecule has 0 spiro atoms. The average molecular weight is 168 g/mol. The van der Waals surface area contributed by atoms with E-state index >= 15 is 0 Å². The molecule has 1 fully saturated rings. The molecule has 1 saturated carbocycles. The highest BCUT2D eigenvalue weighted by Gasteiger charge is 2.58. The molecule has 0 aromatic rings. The van der Waals surface area contributed by atoms with Crippen molar-refractivity contribution in [2.45, 2.75) is 0 Å². The predicted octanol–water partition coefficient (Wildman–Crippen LogP) is 0.204. The molecule has 0 bridgehead atoms. The van der Waals surface area contributed by atoms with Crippen LogP contribution in [0.5, 0.6) is 0 Å². The SMILES string of the molecule is O=C(O)[C@@H]1[C@H]2C=C[C@H]2[C@@H]1C(=O)O. The number of aliphatic carboxylic acids is 2. The highest BCUT2D eigenvalue weighted by Crippen LogP contribution is 2.53. The molecule has 0 saturated heterocycles. The Morgan fingerprint density at radius 3 is 1.42 bits per heavy atom. The van der Waals surface area contributed by atoms with Crippen LogP contribution in [0.3, 0.4) is 0 Å². The van der Waals surface area contributed by atoms with Crippen LogP contribution in [0.15, 0.2) is 12.2 Å². The van der Waals surface area contributed by atoms with E-state index in [4.69, 9.17) is 10.2 Å². The van der Waals surface area contributed by atoms with Gasteiger partial charge >= 0.3 is 11.9 Å². The number of hydrogen-bond acceptors (Lipinski definition) is 2. The standard InChI is InChI=1S/C8H8O4/c9-7(10)5-3-1-2-4(3)6(5)8(11)12/h1-6H,(H,9,10)(H,11,12)/t3-,4+,5+,6-. The first kappa shape index (κ1) is 7.34. The van der Waals surface area contributed by atoms with E-state index in [0.29, 0.717) is 0 Å². The zero-order chi connectivity index (χ0) is 8.88. The van der Waals surface area contributed by atoms with Crippen LogP contribution in [-0.2, 0) is 9.59 Å². The van der Waals surface area contributed by atoms with E-state index in [1.54, 1.807) is 12.2 Å². The first-order chi connectivity index (χ1) is 5.63. The van der Waals surface area contributed by atoms with E-state index in [2.05, 4.69) is 0 Å². The Morgan fingerprint density at radius 1 is 0.917 bits per heavy atom. The van der Waals surface area contributed by atoms with Crippen LogP contribution in [-0.4, -0.2) is 22.2 Å². The van der Waals surface area contributed by atoms with Crippen LogP contribution >= 0.6 is 0 Å². The highest BCUT2D eigenvalue weighted by molar-refractivity contribution is 5.84. The lowest BCUT2D eigenvalue weighted by atomic mass is 9.51. The van der Waals surface area contributed by atoms with Gasteiger partial charge in [-0.2, -0.15) is 0 Å². The van der Waals surface area contributed by atoms with E-state index in [-0.39, 0.29) is 11.8 Å². The molecule has 2 rings (SSSR count). The first-order valence-corrected chi connectivity index (χ1v) is 3.77. The topological polar surface area (TPSA) is 74.6 Å². The zero-order valence-electron chi connectivity index (χ0n) is 6.18. The second kappa shape index (κ2) is 2.09. The Bertz CT molecular complexity index is 253. The fraction of sp³-hybridized carbons (Fsp3) is 0.500. The molecule has 4 atom stereocenters. The number of carboxylic acid groups (broad SMARTS) is 2. The van der Waals surface area contributed by atoms with Gasteiger partial charge in [-0.15, -0.1) is 0 Å². The van der Waals surface area contributed by atoms with Crippen LogP contribution < -0.4 is 0 Å². The molecule has 4 heteroatoms. The smallest absolute Gasteiger partial charge is 0.308 e. The van der Waals surface area contributed by atoms with E-state index < -0.39 is 23.8 Å². The molecule has 2 aliphatic rings. The van der Waals surface area contributed by atoms with Crippen molar-refractivity contribution in [3.8, 4) is 0 Å². The van der Waals surface area contributed by atoms with Gasteiger partial charge in [-0.3, -0.25) is 9.59 Å². The quantitative estimate of drug-likeness (QED) is 0.578. The first-order valence-electron chi connectivity index (χ1n) is 3.77. The van der Waals surface area contributed by atoms with Crippen LogP contribution in [0.1, 0.15) is 0 Å². The number of carbonyl (C=O) groups is 2. The summed E-state index contributed by atoms with van der Waals surface area (Å²) in [6.07, 6.45) is 3.56. The number of fused-ring (bicyclic) bond motifs is 1. The second-order valence-electron chi connectivity index (χ2n) is 3.27. The van der Waals surface area contributed by atoms with Crippen molar-refractivity contribution in [1.29, 1.82) is 0 Å². The molecular weight excluding hydrogens is 160 g/mol. The summed E-state index contributed by atoms with van der Waals surface area (Å²) in [6, 6.07) is 0. The van der Waals surface area contributed by atoms with Gasteiger partial charge in [0, 0.05) is 0 Å². The Labute approximate surface area is 68.5 Å². The van der Waals surface area contributed by atoms with Crippen LogP contribution in [0.2, 0.25) is 0 Å². The molecule has 0 aromatic heterocycles. The van der Waals surface area contributed by atoms with Gasteiger partial charge in [0.1, 0.15) is 0 Å². The van der Waals surface area contributed by atoms with Gasteiger partial charge < -0.3 is 10.2 Å². The lowest BCUT2D eigenvalue weighted by molar-refractivity contribution is -0.170. The van der Waals surface area contributed by atoms with Crippen molar-refractivity contribution in [2.75, 3.05) is 0 Å². The minimum Gasteiger partial charge on any atom is -0.481 e. The second-order valence-corrected chi connectivity index (χ2v) is 3.27. The molecule has 0 aromatic carbocycles. The minimum absolute atomic E-state index is 0.0244. The summed E-state index contributed by atoms with van der Waals surface area (Å²) in [7, 11) is 0. The van der Waals surface area contributed by atoms with Gasteiger partial charge in [0.25, 0.3) is 0 Å². The molecule has 2 N–H and O–H groups in total. The molecule has 4 nitrogen and oxygen atoms in total. The fourth-order valence-electron chi connectivity index (χ4n) is 2.06. The summed E-state index contributed by atoms with van der Waals surface area (Å²) in [5.74, 6) is -3.43. The third-order valence-electron chi connectivity index (χ3n) is 2.79. The van der Waals surface area contributed by atoms with E-state index in [9.17, 15) is 9.59 Å². The van der Waals surface area contributed by atoms with Gasteiger partial charge in [-0.05, 0) is 11.8 Å². The van der Waals surface area contributed by atoms with Crippen LogP contribution in [0, 0.1) is 23.7 Å². The largest absolute Gasteiger partial charge is 0.481 e. The maximum atomic E-state index is 10.6. The monoisotopic (exact) mass is 168 g/mol. The summed E-state index contributed by atoms with van der Waals surface area (Å²) in [6.45, 7) is 0. The molecular formula is C8H8O4. The number of rotatable bonds is 2. The third-order valence-corrected chi connectivity index (χ3v) is 2.79. The predicted molar refractivity (Wildman–Crippen MR) is 38.4 cm³/mol. The minimum atomic E-state index is -0.993. The number of hydrogen-bond donors (Lipinski definition) is 2. The summed E-state index contributed by atoms with van der Waals surface area (Å²) < 4.78 is 0. The average Bonchev–Trinajstić information content (AvgIpc) is 1.91. The van der Waals surface area contributed by atoms with Crippen molar-refractivity contribution >= 4 is 11.9 Å². The number of allylic oxidation sites excluding steroid dienone is 2. The van der Waals surface area contributed by atoms with Gasteiger partial charge in [0.2, 0.25) is 0 Å². The molecule has 0 amide bonds. The zero-order valence-corrected chi connectivity index (χ0v) is 6.18. The fourth-order valence-corrected chi connectivity index (χ4v) is 2.06. The van der Waals surface area contributed by atoms with E-state index in [1.165, 1.54) is 0 Å². The van der Waals surface area contributed by atoms with E-state index in [0.717, 1.165) is 0 Å². The Hall–Kier alpha value is -1.32. The van der Waals surface area contributed by atoms with Crippen molar-refractivity contribution in [3.05, 3.63) is 12.2 Å². The van der Waals surface area contributed by atoms with Crippen molar-refractivity contribution < 1.29 is 19.8 Å². The summed E-state index contributed by atoms with van der Waals surface area (Å²) in [5, 5.41) is 17.4. The Balaban J connectivity index is 2.19. The lowest BCUT2D eigenvalue weighted by Gasteiger charge is -2.50. The van der Waals surface area contributed by atoms with Gasteiger partial charge in [0.05, 0.1) is 11.8 Å². The van der Waals surface area contributed by atoms with E-state index in [1.807, 2.05) is 0 Å². The third kappa shape index (κ3) is 0.668. The molecule has 64 valence electrons. The molecule has 0 unspecified atom stereocenters. The highest BCUT2D eigenvalue weighted by atomic mass is 16.4. The Kier molecular flexibility index (Phi) is 1.28. The summed E-state index contributed by atoms with van der Waals surface area (Å²) >= 11 is 0. The molecule has 0 heterocycles. The van der Waals surface area contributed by atoms with Crippen LogP contribution in [0.25, 0.3) is 0 Å². The maximum absolute atomic E-state index is 10.6. The van der Waals surface area contributed by atoms with Crippen LogP contribution in [0.4, 0.5) is 0 Å². The van der Waals surface area contributed by atoms with Crippen molar-refractivity contribution in [3.63, 3.8) is 0 Å². The Morgan fingerprint density at radius 2 is 1.25 bits per heavy atom. The van der Waals surface area contributed by atoms with Gasteiger partial charge in [-0.1, -0.05) is 12.2 Å². The van der Waals surface area contributed by atoms with Gasteiger partial charge in [-0.25, -0.2) is 0 Å². The maximum Gasteiger partial charge on any atom is 0.308 e. The van der Waals surface area contributed by atoms with Crippen molar-refractivity contribution in [1.82, 2.24) is 0 Å². The summed E-state index contributed by atoms with van der Waals surface area (Å²) in [5.41, 5.74) is 0.